The molecule has 2 N–H and O–H groups in total. The molecule has 2 fully saturated rings. The number of likely N-dealkylation sites (N-methyl/N-ethyl adjacent to an activating group) is 1. The van der Waals surface area contributed by atoms with Crippen LogP contribution in [0.15, 0.2) is 18.2 Å². The molecule has 206 valence electrons. The summed E-state index contributed by atoms with van der Waals surface area (Å²) in [4.78, 5) is 30.9. The lowest BCUT2D eigenvalue weighted by Crippen LogP contribution is -2.50. The smallest absolute Gasteiger partial charge is 0.258 e. The third-order valence-electron chi connectivity index (χ3n) is 8.33. The van der Waals surface area contributed by atoms with E-state index in [1.54, 1.807) is 17.0 Å². The fraction of sp³-hybridized carbons (Fsp3) is 0.724. The zero-order chi connectivity index (χ0) is 26.4. The van der Waals surface area contributed by atoms with Crippen LogP contribution in [0.4, 0.5) is 5.69 Å². The van der Waals surface area contributed by atoms with Gasteiger partial charge in [0.2, 0.25) is 5.91 Å². The molecule has 0 radical (unpaired) electrons. The normalized spacial score (nSPS) is 24.7. The second kappa shape index (κ2) is 13.1. The minimum absolute atomic E-state index is 0.0409. The summed E-state index contributed by atoms with van der Waals surface area (Å²) in [5.74, 6) is 0.839. The number of para-hydroxylation sites is 1. The number of aliphatic hydroxyl groups excluding tert-OH is 1. The molecule has 1 aromatic carbocycles. The van der Waals surface area contributed by atoms with Gasteiger partial charge in [0.05, 0.1) is 23.9 Å². The molecule has 4 rings (SSSR count). The summed E-state index contributed by atoms with van der Waals surface area (Å²) in [5.41, 5.74) is 0.963. The first-order valence-corrected chi connectivity index (χ1v) is 14.2. The third kappa shape index (κ3) is 7.03. The van der Waals surface area contributed by atoms with Gasteiger partial charge in [-0.1, -0.05) is 32.3 Å². The molecule has 2 heterocycles. The number of anilines is 1. The fourth-order valence-corrected chi connectivity index (χ4v) is 5.95. The van der Waals surface area contributed by atoms with Gasteiger partial charge in [-0.25, -0.2) is 0 Å². The summed E-state index contributed by atoms with van der Waals surface area (Å²) >= 11 is 0. The Kier molecular flexibility index (Phi) is 9.84. The number of hydrogen-bond acceptors (Lipinski definition) is 6. The van der Waals surface area contributed by atoms with Crippen molar-refractivity contribution in [3.05, 3.63) is 23.8 Å². The van der Waals surface area contributed by atoms with Crippen molar-refractivity contribution in [1.82, 2.24) is 9.80 Å². The lowest BCUT2D eigenvalue weighted by atomic mass is 9.89. The molecule has 8 nitrogen and oxygen atoms in total. The zero-order valence-electron chi connectivity index (χ0n) is 22.8. The predicted molar refractivity (Wildman–Crippen MR) is 144 cm³/mol. The minimum Gasteiger partial charge on any atom is -0.486 e. The van der Waals surface area contributed by atoms with E-state index in [4.69, 9.17) is 9.47 Å². The maximum absolute atomic E-state index is 13.7. The number of benzene rings is 1. The van der Waals surface area contributed by atoms with Gasteiger partial charge in [-0.15, -0.1) is 0 Å². The highest BCUT2D eigenvalue weighted by Crippen LogP contribution is 2.36. The number of nitrogens with zero attached hydrogens (tertiary/aromatic N) is 2. The number of fused-ring (bicyclic) bond motifs is 1. The third-order valence-corrected chi connectivity index (χ3v) is 8.33. The van der Waals surface area contributed by atoms with Gasteiger partial charge in [0.1, 0.15) is 6.10 Å². The Morgan fingerprint density at radius 1 is 1.16 bits per heavy atom. The van der Waals surface area contributed by atoms with Gasteiger partial charge in [-0.3, -0.25) is 9.59 Å². The van der Waals surface area contributed by atoms with Crippen molar-refractivity contribution in [3.8, 4) is 5.75 Å². The van der Waals surface area contributed by atoms with Gasteiger partial charge >= 0.3 is 0 Å². The lowest BCUT2D eigenvalue weighted by Gasteiger charge is -2.39. The average molecular weight is 516 g/mol. The zero-order valence-corrected chi connectivity index (χ0v) is 22.8. The summed E-state index contributed by atoms with van der Waals surface area (Å²) < 4.78 is 12.1. The van der Waals surface area contributed by atoms with Crippen LogP contribution in [-0.4, -0.2) is 85.4 Å². The number of nitrogens with one attached hydrogen (secondary N) is 1. The number of carbonyl (C=O) groups excluding carboxylic acids is 2. The Morgan fingerprint density at radius 2 is 1.89 bits per heavy atom. The Balaban J connectivity index is 1.60. The van der Waals surface area contributed by atoms with Crippen molar-refractivity contribution in [1.29, 1.82) is 0 Å². The lowest BCUT2D eigenvalue weighted by molar-refractivity contribution is -0.122. The monoisotopic (exact) mass is 515 g/mol. The van der Waals surface area contributed by atoms with E-state index < -0.39 is 0 Å². The number of hydrogen-bond donors (Lipinski definition) is 2. The molecular formula is C29H45N3O5. The molecule has 3 atom stereocenters. The molecule has 0 unspecified atom stereocenters. The van der Waals surface area contributed by atoms with Crippen LogP contribution < -0.4 is 10.1 Å². The van der Waals surface area contributed by atoms with E-state index in [0.29, 0.717) is 49.6 Å². The predicted octanol–water partition coefficient (Wildman–Crippen LogP) is 3.78. The molecule has 1 aliphatic carbocycles. The van der Waals surface area contributed by atoms with E-state index in [1.165, 1.54) is 32.1 Å². The van der Waals surface area contributed by atoms with Crippen molar-refractivity contribution < 1.29 is 24.2 Å². The van der Waals surface area contributed by atoms with Crippen LogP contribution in [0.25, 0.3) is 0 Å². The summed E-state index contributed by atoms with van der Waals surface area (Å²) in [7, 11) is 2.16. The summed E-state index contributed by atoms with van der Waals surface area (Å²) in [6.45, 7) is 7.31. The van der Waals surface area contributed by atoms with E-state index in [2.05, 4.69) is 24.2 Å². The molecule has 1 saturated heterocycles. The summed E-state index contributed by atoms with van der Waals surface area (Å²) in [6, 6.07) is 5.05. The second-order valence-corrected chi connectivity index (χ2v) is 11.4. The minimum atomic E-state index is -0.318. The topological polar surface area (TPSA) is 91.3 Å². The molecule has 0 bridgehead atoms. The van der Waals surface area contributed by atoms with E-state index in [9.17, 15) is 14.7 Å². The van der Waals surface area contributed by atoms with Crippen LogP contribution in [0.1, 0.15) is 69.2 Å². The van der Waals surface area contributed by atoms with Crippen molar-refractivity contribution in [3.63, 3.8) is 0 Å². The summed E-state index contributed by atoms with van der Waals surface area (Å²) in [6.07, 6.45) is 7.75. The first kappa shape index (κ1) is 27.9. The van der Waals surface area contributed by atoms with Crippen LogP contribution >= 0.6 is 0 Å². The average Bonchev–Trinajstić information content (AvgIpc) is 2.91. The highest BCUT2D eigenvalue weighted by molar-refractivity contribution is 6.02. The fourth-order valence-electron chi connectivity index (χ4n) is 5.95. The molecule has 2 amide bonds. The second-order valence-electron chi connectivity index (χ2n) is 11.4. The highest BCUT2D eigenvalue weighted by Gasteiger charge is 2.35. The number of carbonyl (C=O) groups is 2. The number of rotatable bonds is 8. The first-order chi connectivity index (χ1) is 17.9. The molecule has 8 heteroatoms. The van der Waals surface area contributed by atoms with Crippen molar-refractivity contribution >= 4 is 17.5 Å². The summed E-state index contributed by atoms with van der Waals surface area (Å²) in [5, 5.41) is 13.0. The van der Waals surface area contributed by atoms with Gasteiger partial charge < -0.3 is 29.7 Å². The maximum atomic E-state index is 13.7. The van der Waals surface area contributed by atoms with Gasteiger partial charge in [0.15, 0.2) is 5.75 Å². The standard InChI is InChI=1S/C29H45N3O5/c1-20-16-32(21(2)19-33)29(35)24-10-7-11-25(30-28(34)23-12-14-36-15-13-23)27(24)37-26(20)18-31(3)17-22-8-5-4-6-9-22/h7,10-11,20-23,26,33H,4-6,8-9,12-19H2,1-3H3,(H,30,34)/t20-,21-,26+/m1/s1. The SMILES string of the molecule is C[C@@H]1CN([C@H](C)CO)C(=O)c2cccc(NC(=O)C3CCOCC3)c2O[C@H]1CN(C)CC1CCCCC1. The van der Waals surface area contributed by atoms with Crippen LogP contribution in [0.5, 0.6) is 5.75 Å². The van der Waals surface area contributed by atoms with Crippen LogP contribution in [0.2, 0.25) is 0 Å². The first-order valence-electron chi connectivity index (χ1n) is 14.2. The Labute approximate surface area is 221 Å². The molecule has 2 aliphatic heterocycles. The van der Waals surface area contributed by atoms with Gasteiger partial charge in [0, 0.05) is 44.7 Å². The number of amides is 2. The molecule has 1 aromatic rings. The molecular weight excluding hydrogens is 470 g/mol. The van der Waals surface area contributed by atoms with E-state index in [1.807, 2.05) is 13.0 Å². The highest BCUT2D eigenvalue weighted by atomic mass is 16.5. The van der Waals surface area contributed by atoms with E-state index >= 15 is 0 Å². The number of aliphatic hydroxyl groups is 1. The van der Waals surface area contributed by atoms with Crippen molar-refractivity contribution in [2.45, 2.75) is 70.9 Å². The molecule has 0 aromatic heterocycles. The Morgan fingerprint density at radius 3 is 2.59 bits per heavy atom. The largest absolute Gasteiger partial charge is 0.486 e. The van der Waals surface area contributed by atoms with E-state index in [-0.39, 0.29) is 42.4 Å². The Hall–Kier alpha value is -2.16. The van der Waals surface area contributed by atoms with E-state index in [0.717, 1.165) is 19.0 Å². The molecule has 1 saturated carbocycles. The van der Waals surface area contributed by atoms with Crippen LogP contribution in [0, 0.1) is 17.8 Å². The molecule has 37 heavy (non-hydrogen) atoms. The van der Waals surface area contributed by atoms with Gasteiger partial charge in [-0.05, 0) is 57.7 Å². The van der Waals surface area contributed by atoms with Gasteiger partial charge in [0.25, 0.3) is 5.91 Å². The number of ether oxygens (including phenoxy) is 2. The van der Waals surface area contributed by atoms with Gasteiger partial charge in [-0.2, -0.15) is 0 Å². The Bertz CT molecular complexity index is 913. The maximum Gasteiger partial charge on any atom is 0.258 e. The van der Waals surface area contributed by atoms with Crippen LogP contribution in [0.3, 0.4) is 0 Å². The van der Waals surface area contributed by atoms with Crippen molar-refractivity contribution in [2.75, 3.05) is 51.8 Å². The quantitative estimate of drug-likeness (QED) is 0.548. The van der Waals surface area contributed by atoms with Crippen LogP contribution in [-0.2, 0) is 9.53 Å². The molecule has 0 spiro atoms. The van der Waals surface area contributed by atoms with Crippen molar-refractivity contribution in [2.24, 2.45) is 17.8 Å². The molecule has 3 aliphatic rings.